The molecule has 5 heteroatoms. The number of rotatable bonds is 5. The maximum atomic E-state index is 11.0. The van der Waals surface area contributed by atoms with Crippen molar-refractivity contribution in [2.45, 2.75) is 19.9 Å². The normalized spacial score (nSPS) is 10.7. The van der Waals surface area contributed by atoms with E-state index in [0.717, 1.165) is 23.2 Å². The van der Waals surface area contributed by atoms with Gasteiger partial charge in [-0.3, -0.25) is 4.68 Å². The van der Waals surface area contributed by atoms with E-state index in [-0.39, 0.29) is 5.69 Å². The van der Waals surface area contributed by atoms with E-state index in [1.54, 1.807) is 6.07 Å². The highest BCUT2D eigenvalue weighted by molar-refractivity contribution is 5.85. The Kier molecular flexibility index (Phi) is 4.19. The van der Waals surface area contributed by atoms with Crippen LogP contribution < -0.4 is 0 Å². The summed E-state index contributed by atoms with van der Waals surface area (Å²) in [6.45, 7) is 2.76. The first-order chi connectivity index (χ1) is 11.1. The summed E-state index contributed by atoms with van der Waals surface area (Å²) in [4.78, 5) is 14.8. The molecule has 116 valence electrons. The molecule has 0 saturated carbocycles. The number of aromatic carboxylic acids is 1. The summed E-state index contributed by atoms with van der Waals surface area (Å²) < 4.78 is 1.91. The molecule has 0 bridgehead atoms. The van der Waals surface area contributed by atoms with Crippen molar-refractivity contribution < 1.29 is 9.90 Å². The summed E-state index contributed by atoms with van der Waals surface area (Å²) in [6.07, 6.45) is 6.08. The van der Waals surface area contributed by atoms with E-state index in [4.69, 9.17) is 5.11 Å². The van der Waals surface area contributed by atoms with Gasteiger partial charge in [0.1, 0.15) is 5.69 Å². The summed E-state index contributed by atoms with van der Waals surface area (Å²) in [5.74, 6) is -1.00. The number of carboxylic acid groups (broad SMARTS) is 1. The molecule has 0 aliphatic carbocycles. The minimum Gasteiger partial charge on any atom is -0.477 e. The molecule has 0 unspecified atom stereocenters. The zero-order chi connectivity index (χ0) is 16.2. The maximum absolute atomic E-state index is 11.0. The Labute approximate surface area is 134 Å². The first-order valence-electron chi connectivity index (χ1n) is 7.35. The van der Waals surface area contributed by atoms with Crippen LogP contribution in [0.1, 0.15) is 32.7 Å². The molecule has 2 aromatic heterocycles. The predicted molar refractivity (Wildman–Crippen MR) is 86.5 cm³/mol. The minimum absolute atomic E-state index is 0.0770. The van der Waals surface area contributed by atoms with Gasteiger partial charge < -0.3 is 5.11 Å². The number of carbonyl (C=O) groups is 1. The van der Waals surface area contributed by atoms with Crippen molar-refractivity contribution in [3.63, 3.8) is 0 Å². The molecule has 0 saturated heterocycles. The molecule has 0 aliphatic rings. The van der Waals surface area contributed by atoms with Gasteiger partial charge in [-0.15, -0.1) is 0 Å². The predicted octanol–water partition coefficient (Wildman–Crippen LogP) is 2.92. The van der Waals surface area contributed by atoms with Crippen molar-refractivity contribution >= 4 is 5.97 Å². The third-order valence-corrected chi connectivity index (χ3v) is 3.58. The van der Waals surface area contributed by atoms with Gasteiger partial charge in [-0.2, -0.15) is 5.10 Å². The van der Waals surface area contributed by atoms with Crippen LogP contribution in [0.25, 0.3) is 0 Å². The van der Waals surface area contributed by atoms with Gasteiger partial charge in [-0.05, 0) is 47.7 Å². The second-order valence-corrected chi connectivity index (χ2v) is 5.56. The molecule has 1 N–H and O–H groups in total. The van der Waals surface area contributed by atoms with Crippen LogP contribution in [0.15, 0.2) is 55.0 Å². The number of aromatic nitrogens is 3. The van der Waals surface area contributed by atoms with E-state index in [0.29, 0.717) is 6.42 Å². The van der Waals surface area contributed by atoms with Crippen LogP contribution in [-0.2, 0) is 13.0 Å². The smallest absolute Gasteiger partial charge is 0.354 e. The first-order valence-corrected chi connectivity index (χ1v) is 7.35. The highest BCUT2D eigenvalue weighted by Crippen LogP contribution is 2.12. The first kappa shape index (κ1) is 15.0. The number of benzene rings is 1. The fourth-order valence-electron chi connectivity index (χ4n) is 2.44. The summed E-state index contributed by atoms with van der Waals surface area (Å²) in [5, 5.41) is 13.3. The lowest BCUT2D eigenvalue weighted by Gasteiger charge is -2.06. The second kappa shape index (κ2) is 6.44. The van der Waals surface area contributed by atoms with Gasteiger partial charge in [-0.1, -0.05) is 24.3 Å². The van der Waals surface area contributed by atoms with Crippen LogP contribution >= 0.6 is 0 Å². The molecule has 0 amide bonds. The Morgan fingerprint density at radius 1 is 1.13 bits per heavy atom. The molecule has 3 aromatic rings. The fourth-order valence-corrected chi connectivity index (χ4v) is 2.44. The number of hydrogen-bond acceptors (Lipinski definition) is 3. The number of hydrogen-bond donors (Lipinski definition) is 1. The van der Waals surface area contributed by atoms with Crippen molar-refractivity contribution in [2.75, 3.05) is 0 Å². The molecule has 5 nitrogen and oxygen atoms in total. The molecule has 0 radical (unpaired) electrons. The molecule has 23 heavy (non-hydrogen) atoms. The van der Waals surface area contributed by atoms with E-state index in [9.17, 15) is 4.79 Å². The number of nitrogens with zero attached hydrogens (tertiary/aromatic N) is 3. The highest BCUT2D eigenvalue weighted by atomic mass is 16.4. The lowest BCUT2D eigenvalue weighted by atomic mass is 10.0. The average molecular weight is 307 g/mol. The molecule has 0 fully saturated rings. The van der Waals surface area contributed by atoms with Gasteiger partial charge in [0, 0.05) is 12.4 Å². The lowest BCUT2D eigenvalue weighted by Crippen LogP contribution is -2.02. The average Bonchev–Trinajstić information content (AvgIpc) is 2.94. The highest BCUT2D eigenvalue weighted by Gasteiger charge is 2.05. The van der Waals surface area contributed by atoms with Crippen LogP contribution in [0.4, 0.5) is 0 Å². The zero-order valence-corrected chi connectivity index (χ0v) is 12.8. The van der Waals surface area contributed by atoms with Crippen molar-refractivity contribution in [3.05, 3.63) is 82.9 Å². The van der Waals surface area contributed by atoms with Crippen molar-refractivity contribution in [1.82, 2.24) is 14.8 Å². The van der Waals surface area contributed by atoms with Crippen LogP contribution in [-0.4, -0.2) is 25.8 Å². The molecule has 0 aliphatic heterocycles. The Balaban J connectivity index is 1.70. The van der Waals surface area contributed by atoms with Gasteiger partial charge >= 0.3 is 5.97 Å². The van der Waals surface area contributed by atoms with E-state index in [1.165, 1.54) is 11.8 Å². The molecule has 0 spiro atoms. The van der Waals surface area contributed by atoms with E-state index in [2.05, 4.69) is 34.3 Å². The summed E-state index contributed by atoms with van der Waals surface area (Å²) >= 11 is 0. The monoisotopic (exact) mass is 307 g/mol. The maximum Gasteiger partial charge on any atom is 0.354 e. The Morgan fingerprint density at radius 3 is 2.52 bits per heavy atom. The van der Waals surface area contributed by atoms with Crippen LogP contribution in [0, 0.1) is 6.92 Å². The van der Waals surface area contributed by atoms with Crippen LogP contribution in [0.5, 0.6) is 0 Å². The van der Waals surface area contributed by atoms with E-state index < -0.39 is 5.97 Å². The Bertz CT molecular complexity index is 822. The number of pyridine rings is 1. The summed E-state index contributed by atoms with van der Waals surface area (Å²) in [5.41, 5.74) is 4.47. The van der Waals surface area contributed by atoms with Crippen molar-refractivity contribution in [3.8, 4) is 0 Å². The topological polar surface area (TPSA) is 68.0 Å². The van der Waals surface area contributed by atoms with E-state index in [1.807, 2.05) is 30.1 Å². The standard InChI is InChI=1S/C18H17N3O2/c1-13-10-20-21(11-13)12-15-4-2-14(3-5-15)8-16-6-7-19-17(9-16)18(22)23/h2-7,9-11H,8,12H2,1H3,(H,22,23). The lowest BCUT2D eigenvalue weighted by molar-refractivity contribution is 0.0690. The van der Waals surface area contributed by atoms with Crippen molar-refractivity contribution in [1.29, 1.82) is 0 Å². The molecular formula is C18H17N3O2. The van der Waals surface area contributed by atoms with Crippen LogP contribution in [0.2, 0.25) is 0 Å². The second-order valence-electron chi connectivity index (χ2n) is 5.56. The van der Waals surface area contributed by atoms with Gasteiger partial charge in [0.25, 0.3) is 0 Å². The summed E-state index contributed by atoms with van der Waals surface area (Å²) in [6, 6.07) is 11.7. The van der Waals surface area contributed by atoms with Crippen LogP contribution in [0.3, 0.4) is 0 Å². The third kappa shape index (κ3) is 3.83. The largest absolute Gasteiger partial charge is 0.477 e. The van der Waals surface area contributed by atoms with Crippen molar-refractivity contribution in [2.24, 2.45) is 0 Å². The molecule has 0 atom stereocenters. The van der Waals surface area contributed by atoms with E-state index >= 15 is 0 Å². The molecule has 3 rings (SSSR count). The number of aryl methyl sites for hydroxylation is 1. The van der Waals surface area contributed by atoms with Gasteiger partial charge in [0.15, 0.2) is 0 Å². The quantitative estimate of drug-likeness (QED) is 0.787. The molecule has 2 heterocycles. The molecule has 1 aromatic carbocycles. The zero-order valence-electron chi connectivity index (χ0n) is 12.8. The fraction of sp³-hybridized carbons (Fsp3) is 0.167. The summed E-state index contributed by atoms with van der Waals surface area (Å²) in [7, 11) is 0. The molecular weight excluding hydrogens is 290 g/mol. The third-order valence-electron chi connectivity index (χ3n) is 3.58. The Morgan fingerprint density at radius 2 is 1.87 bits per heavy atom. The Hall–Kier alpha value is -2.95. The SMILES string of the molecule is Cc1cnn(Cc2ccc(Cc3ccnc(C(=O)O)c3)cc2)c1. The van der Waals surface area contributed by atoms with Gasteiger partial charge in [0.2, 0.25) is 0 Å². The minimum atomic E-state index is -1.00. The van der Waals surface area contributed by atoms with Gasteiger partial charge in [-0.25, -0.2) is 9.78 Å². The van der Waals surface area contributed by atoms with Gasteiger partial charge in [0.05, 0.1) is 12.7 Å². The number of carboxylic acids is 1.